The highest BCUT2D eigenvalue weighted by Crippen LogP contribution is 2.36. The average Bonchev–Trinajstić information content (AvgIpc) is 3.12. The van der Waals surface area contributed by atoms with Gasteiger partial charge in [-0.25, -0.2) is 17.8 Å². The van der Waals surface area contributed by atoms with E-state index in [1.54, 1.807) is 23.6 Å². The van der Waals surface area contributed by atoms with Crippen molar-refractivity contribution < 1.29 is 17.5 Å². The Bertz CT molecular complexity index is 1090. The van der Waals surface area contributed by atoms with Crippen LogP contribution in [0.5, 0.6) is 11.5 Å². The van der Waals surface area contributed by atoms with Crippen LogP contribution in [0.25, 0.3) is 0 Å². The van der Waals surface area contributed by atoms with Gasteiger partial charge in [-0.2, -0.15) is 0 Å². The van der Waals surface area contributed by atoms with E-state index >= 15 is 0 Å². The topological polar surface area (TPSA) is 68.3 Å². The maximum absolute atomic E-state index is 14.6. The van der Waals surface area contributed by atoms with Crippen LogP contribution >= 0.6 is 34.5 Å². The van der Waals surface area contributed by atoms with E-state index in [9.17, 15) is 12.8 Å². The lowest BCUT2D eigenvalue weighted by Gasteiger charge is -2.14. The number of nitrogens with zero attached hydrogens (tertiary/aromatic N) is 1. The molecule has 0 atom stereocenters. The molecular weight excluding hydrogens is 446 g/mol. The molecule has 0 bridgehead atoms. The molecule has 0 saturated carbocycles. The molecule has 2 aromatic carbocycles. The van der Waals surface area contributed by atoms with Crippen LogP contribution in [0.15, 0.2) is 46.8 Å². The van der Waals surface area contributed by atoms with Crippen LogP contribution < -0.4 is 9.46 Å². The first-order chi connectivity index (χ1) is 13.3. The third-order valence-electron chi connectivity index (χ3n) is 3.69. The number of aryl methyl sites for hydroxylation is 1. The molecule has 1 aromatic heterocycles. The zero-order chi connectivity index (χ0) is 20.3. The van der Waals surface area contributed by atoms with Gasteiger partial charge in [0.15, 0.2) is 5.13 Å². The number of nitrogens with one attached hydrogen (secondary N) is 1. The number of rotatable bonds is 7. The number of halogens is 3. The Morgan fingerprint density at radius 2 is 2.00 bits per heavy atom. The van der Waals surface area contributed by atoms with Gasteiger partial charge in [-0.05, 0) is 36.2 Å². The third kappa shape index (κ3) is 4.75. The van der Waals surface area contributed by atoms with Gasteiger partial charge in [-0.1, -0.05) is 36.5 Å². The quantitative estimate of drug-likeness (QED) is 0.459. The molecule has 0 saturated heterocycles. The lowest BCUT2D eigenvalue weighted by Crippen LogP contribution is -2.14. The summed E-state index contributed by atoms with van der Waals surface area (Å²) in [6.45, 7) is 2.01. The van der Waals surface area contributed by atoms with E-state index < -0.39 is 20.7 Å². The molecule has 1 N–H and O–H groups in total. The number of sulfonamides is 1. The lowest BCUT2D eigenvalue weighted by atomic mass is 10.1. The van der Waals surface area contributed by atoms with Gasteiger partial charge >= 0.3 is 0 Å². The van der Waals surface area contributed by atoms with Crippen LogP contribution in [0.2, 0.25) is 10.0 Å². The van der Waals surface area contributed by atoms with Crippen LogP contribution in [-0.4, -0.2) is 13.4 Å². The Balaban J connectivity index is 1.93. The molecule has 0 spiro atoms. The van der Waals surface area contributed by atoms with Crippen molar-refractivity contribution in [3.05, 3.63) is 63.3 Å². The molecule has 0 aliphatic heterocycles. The Morgan fingerprint density at radius 3 is 2.68 bits per heavy atom. The molecule has 1 heterocycles. The van der Waals surface area contributed by atoms with Crippen molar-refractivity contribution in [2.45, 2.75) is 24.7 Å². The molecule has 0 amide bonds. The summed E-state index contributed by atoms with van der Waals surface area (Å²) in [5, 5.41) is 2.24. The minimum absolute atomic E-state index is 0.00652. The Morgan fingerprint density at radius 1 is 1.21 bits per heavy atom. The summed E-state index contributed by atoms with van der Waals surface area (Å²) < 4.78 is 47.4. The lowest BCUT2D eigenvalue weighted by molar-refractivity contribution is 0.467. The van der Waals surface area contributed by atoms with Gasteiger partial charge in [0.2, 0.25) is 0 Å². The Hall–Kier alpha value is -1.87. The van der Waals surface area contributed by atoms with Crippen LogP contribution in [0.1, 0.15) is 18.9 Å². The predicted octanol–water partition coefficient (Wildman–Crippen LogP) is 6.13. The second-order valence-electron chi connectivity index (χ2n) is 5.76. The molecule has 0 aliphatic carbocycles. The van der Waals surface area contributed by atoms with Crippen molar-refractivity contribution in [1.29, 1.82) is 0 Å². The van der Waals surface area contributed by atoms with Crippen molar-refractivity contribution >= 4 is 49.7 Å². The highest BCUT2D eigenvalue weighted by Gasteiger charge is 2.23. The fourth-order valence-electron chi connectivity index (χ4n) is 2.47. The number of ether oxygens (including phenoxy) is 1. The number of anilines is 1. The molecule has 148 valence electrons. The molecule has 28 heavy (non-hydrogen) atoms. The molecule has 0 unspecified atom stereocenters. The molecule has 0 radical (unpaired) electrons. The van der Waals surface area contributed by atoms with E-state index in [1.165, 1.54) is 6.20 Å². The van der Waals surface area contributed by atoms with Crippen molar-refractivity contribution in [3.8, 4) is 11.5 Å². The summed E-state index contributed by atoms with van der Waals surface area (Å²) in [4.78, 5) is 3.23. The van der Waals surface area contributed by atoms with Gasteiger partial charge < -0.3 is 4.74 Å². The molecule has 5 nitrogen and oxygen atoms in total. The molecule has 10 heteroatoms. The van der Waals surface area contributed by atoms with Gasteiger partial charge in [-0.15, -0.1) is 11.3 Å². The molecule has 0 aliphatic rings. The minimum atomic E-state index is -4.18. The third-order valence-corrected chi connectivity index (χ3v) is 6.39. The number of hydrogen-bond donors (Lipinski definition) is 1. The Labute approximate surface area is 176 Å². The van der Waals surface area contributed by atoms with Gasteiger partial charge in [0.05, 0.1) is 5.02 Å². The van der Waals surface area contributed by atoms with Crippen LogP contribution in [0.3, 0.4) is 0 Å². The fourth-order valence-corrected chi connectivity index (χ4v) is 4.81. The van der Waals surface area contributed by atoms with Crippen LogP contribution in [0, 0.1) is 5.82 Å². The van der Waals surface area contributed by atoms with Crippen molar-refractivity contribution in [2.24, 2.45) is 0 Å². The van der Waals surface area contributed by atoms with E-state index in [1.807, 2.05) is 6.92 Å². The number of thiazole rings is 1. The monoisotopic (exact) mass is 460 g/mol. The molecular formula is C18H15Cl2FN2O3S2. The van der Waals surface area contributed by atoms with Crippen molar-refractivity contribution in [2.75, 3.05) is 4.72 Å². The first-order valence-electron chi connectivity index (χ1n) is 8.18. The summed E-state index contributed by atoms with van der Waals surface area (Å²) >= 11 is 13.3. The summed E-state index contributed by atoms with van der Waals surface area (Å²) in [5.41, 5.74) is 0.841. The number of hydrogen-bond acceptors (Lipinski definition) is 5. The van der Waals surface area contributed by atoms with Gasteiger partial charge in [0, 0.05) is 22.7 Å². The highest BCUT2D eigenvalue weighted by molar-refractivity contribution is 7.93. The summed E-state index contributed by atoms with van der Waals surface area (Å²) in [6, 6.07) is 7.04. The van der Waals surface area contributed by atoms with E-state index in [2.05, 4.69) is 9.71 Å². The maximum atomic E-state index is 14.6. The predicted molar refractivity (Wildman–Crippen MR) is 110 cm³/mol. The fraction of sp³-hybridized carbons (Fsp3) is 0.167. The van der Waals surface area contributed by atoms with Crippen molar-refractivity contribution in [3.63, 3.8) is 0 Å². The van der Waals surface area contributed by atoms with E-state index in [0.717, 1.165) is 35.5 Å². The second kappa shape index (κ2) is 8.65. The maximum Gasteiger partial charge on any atom is 0.266 e. The Kier molecular flexibility index (Phi) is 6.44. The first-order valence-corrected chi connectivity index (χ1v) is 11.3. The normalized spacial score (nSPS) is 11.4. The zero-order valence-corrected chi connectivity index (χ0v) is 17.7. The van der Waals surface area contributed by atoms with E-state index in [4.69, 9.17) is 27.9 Å². The molecule has 0 fully saturated rings. The van der Waals surface area contributed by atoms with E-state index in [0.29, 0.717) is 17.2 Å². The summed E-state index contributed by atoms with van der Waals surface area (Å²) in [5.74, 6) is -0.509. The van der Waals surface area contributed by atoms with Crippen molar-refractivity contribution in [1.82, 2.24) is 4.98 Å². The first kappa shape index (κ1) is 20.9. The minimum Gasteiger partial charge on any atom is -0.455 e. The summed E-state index contributed by atoms with van der Waals surface area (Å²) in [6.07, 6.45) is 3.00. The average molecular weight is 461 g/mol. The molecule has 3 aromatic rings. The SMILES string of the molecule is CCCc1cc(Cl)ccc1Oc1cc(F)c(S(=O)(=O)Nc2nccs2)cc1Cl. The van der Waals surface area contributed by atoms with Crippen LogP contribution in [0.4, 0.5) is 9.52 Å². The standard InChI is InChI=1S/C18H15Cl2FN2O3S2/c1-2-3-11-8-12(19)4-5-15(11)26-16-10-14(21)17(9-13(16)20)28(24,25)23-18-22-6-7-27-18/h4-10H,2-3H2,1H3,(H,22,23). The molecule has 3 rings (SSSR count). The van der Waals surface area contributed by atoms with Gasteiger partial charge in [0.25, 0.3) is 10.0 Å². The summed E-state index contributed by atoms with van der Waals surface area (Å²) in [7, 11) is -4.18. The zero-order valence-electron chi connectivity index (χ0n) is 14.6. The largest absolute Gasteiger partial charge is 0.455 e. The van der Waals surface area contributed by atoms with Crippen LogP contribution in [-0.2, 0) is 16.4 Å². The van der Waals surface area contributed by atoms with Gasteiger partial charge in [-0.3, -0.25) is 4.72 Å². The second-order valence-corrected chi connectivity index (χ2v) is 9.15. The highest BCUT2D eigenvalue weighted by atomic mass is 35.5. The van der Waals surface area contributed by atoms with E-state index in [-0.39, 0.29) is 15.9 Å². The number of benzene rings is 2. The van der Waals surface area contributed by atoms with Gasteiger partial charge in [0.1, 0.15) is 22.2 Å². The smallest absolute Gasteiger partial charge is 0.266 e. The number of aromatic nitrogens is 1.